The molecule has 1 aliphatic heterocycles. The number of fused-ring (bicyclic) bond motifs is 1. The molecule has 2 unspecified atom stereocenters. The Bertz CT molecular complexity index is 365. The molecule has 2 atom stereocenters. The first-order chi connectivity index (χ1) is 8.16. The molecule has 17 heavy (non-hydrogen) atoms. The molecule has 0 bridgehead atoms. The molecule has 0 amide bonds. The SMILES string of the molecule is CC(O)CCN(C)CC1COc2ccccc21. The number of nitrogens with zero attached hydrogens (tertiary/aromatic N) is 1. The topological polar surface area (TPSA) is 32.7 Å². The van der Waals surface area contributed by atoms with Crippen LogP contribution in [-0.4, -0.2) is 42.9 Å². The van der Waals surface area contributed by atoms with Gasteiger partial charge in [0.15, 0.2) is 0 Å². The van der Waals surface area contributed by atoms with E-state index in [0.29, 0.717) is 5.92 Å². The van der Waals surface area contributed by atoms with Crippen LogP contribution in [0, 0.1) is 0 Å². The highest BCUT2D eigenvalue weighted by Crippen LogP contribution is 2.33. The van der Waals surface area contributed by atoms with E-state index >= 15 is 0 Å². The van der Waals surface area contributed by atoms with Gasteiger partial charge in [-0.15, -0.1) is 0 Å². The van der Waals surface area contributed by atoms with Crippen molar-refractivity contribution in [2.75, 3.05) is 26.7 Å². The number of rotatable bonds is 5. The van der Waals surface area contributed by atoms with E-state index < -0.39 is 0 Å². The van der Waals surface area contributed by atoms with Crippen LogP contribution in [0.25, 0.3) is 0 Å². The minimum atomic E-state index is -0.218. The highest BCUT2D eigenvalue weighted by Gasteiger charge is 2.24. The maximum absolute atomic E-state index is 9.27. The molecule has 1 N–H and O–H groups in total. The lowest BCUT2D eigenvalue weighted by molar-refractivity contribution is 0.160. The molecule has 0 fully saturated rings. The summed E-state index contributed by atoms with van der Waals surface area (Å²) in [7, 11) is 2.10. The molecule has 0 saturated heterocycles. The van der Waals surface area contributed by atoms with E-state index in [9.17, 15) is 5.11 Å². The van der Waals surface area contributed by atoms with Gasteiger partial charge in [0.2, 0.25) is 0 Å². The van der Waals surface area contributed by atoms with Crippen LogP contribution in [0.5, 0.6) is 5.75 Å². The number of aliphatic hydroxyl groups is 1. The molecule has 1 aromatic rings. The summed E-state index contributed by atoms with van der Waals surface area (Å²) in [5.74, 6) is 1.49. The summed E-state index contributed by atoms with van der Waals surface area (Å²) in [4.78, 5) is 2.27. The van der Waals surface area contributed by atoms with Gasteiger partial charge in [-0.1, -0.05) is 18.2 Å². The molecule has 94 valence electrons. The summed E-state index contributed by atoms with van der Waals surface area (Å²) in [6, 6.07) is 8.26. The van der Waals surface area contributed by atoms with Crippen molar-refractivity contribution in [2.24, 2.45) is 0 Å². The fourth-order valence-electron chi connectivity index (χ4n) is 2.26. The first-order valence-corrected chi connectivity index (χ1v) is 6.25. The number of likely N-dealkylation sites (N-methyl/N-ethyl adjacent to an activating group) is 1. The van der Waals surface area contributed by atoms with Gasteiger partial charge >= 0.3 is 0 Å². The summed E-state index contributed by atoms with van der Waals surface area (Å²) in [5.41, 5.74) is 1.32. The second kappa shape index (κ2) is 5.52. The van der Waals surface area contributed by atoms with Crippen LogP contribution in [-0.2, 0) is 0 Å². The molecule has 0 saturated carbocycles. The molecular weight excluding hydrogens is 214 g/mol. The van der Waals surface area contributed by atoms with E-state index in [2.05, 4.69) is 24.1 Å². The zero-order valence-corrected chi connectivity index (χ0v) is 10.6. The van der Waals surface area contributed by atoms with Crippen molar-refractivity contribution in [3.63, 3.8) is 0 Å². The fourth-order valence-corrected chi connectivity index (χ4v) is 2.26. The molecule has 1 aromatic carbocycles. The lowest BCUT2D eigenvalue weighted by atomic mass is 10.0. The Morgan fingerprint density at radius 3 is 3.00 bits per heavy atom. The van der Waals surface area contributed by atoms with Gasteiger partial charge in [-0.05, 0) is 26.5 Å². The monoisotopic (exact) mass is 235 g/mol. The van der Waals surface area contributed by atoms with Crippen molar-refractivity contribution < 1.29 is 9.84 Å². The zero-order valence-electron chi connectivity index (χ0n) is 10.6. The third kappa shape index (κ3) is 3.20. The summed E-state index contributed by atoms with van der Waals surface area (Å²) >= 11 is 0. The van der Waals surface area contributed by atoms with Crippen LogP contribution in [0.4, 0.5) is 0 Å². The van der Waals surface area contributed by atoms with Crippen molar-refractivity contribution in [1.29, 1.82) is 0 Å². The van der Waals surface area contributed by atoms with Crippen molar-refractivity contribution in [3.05, 3.63) is 29.8 Å². The van der Waals surface area contributed by atoms with Gasteiger partial charge in [0.05, 0.1) is 12.7 Å². The molecule has 0 radical (unpaired) electrons. The van der Waals surface area contributed by atoms with E-state index in [1.807, 2.05) is 19.1 Å². The highest BCUT2D eigenvalue weighted by atomic mass is 16.5. The molecule has 1 heterocycles. The fraction of sp³-hybridized carbons (Fsp3) is 0.571. The molecular formula is C14H21NO2. The van der Waals surface area contributed by atoms with Crippen molar-refractivity contribution in [1.82, 2.24) is 4.90 Å². The Balaban J connectivity index is 1.88. The maximum atomic E-state index is 9.27. The lowest BCUT2D eigenvalue weighted by Crippen LogP contribution is -2.28. The van der Waals surface area contributed by atoms with E-state index in [4.69, 9.17) is 4.74 Å². The van der Waals surface area contributed by atoms with Gasteiger partial charge in [0.1, 0.15) is 5.75 Å². The minimum absolute atomic E-state index is 0.218. The van der Waals surface area contributed by atoms with Crippen LogP contribution in [0.2, 0.25) is 0 Å². The third-order valence-electron chi connectivity index (χ3n) is 3.26. The number of para-hydroxylation sites is 1. The molecule has 3 nitrogen and oxygen atoms in total. The largest absolute Gasteiger partial charge is 0.493 e. The van der Waals surface area contributed by atoms with Gasteiger partial charge in [-0.3, -0.25) is 0 Å². The first-order valence-electron chi connectivity index (χ1n) is 6.25. The van der Waals surface area contributed by atoms with Gasteiger partial charge in [-0.2, -0.15) is 0 Å². The Hall–Kier alpha value is -1.06. The minimum Gasteiger partial charge on any atom is -0.493 e. The summed E-state index contributed by atoms with van der Waals surface area (Å²) in [5, 5.41) is 9.27. The standard InChI is InChI=1S/C14H21NO2/c1-11(16)7-8-15(2)9-12-10-17-14-6-4-3-5-13(12)14/h3-6,11-12,16H,7-10H2,1-2H3. The lowest BCUT2D eigenvalue weighted by Gasteiger charge is -2.20. The Kier molecular flexibility index (Phi) is 4.02. The molecule has 2 rings (SSSR count). The van der Waals surface area contributed by atoms with E-state index in [0.717, 1.165) is 31.9 Å². The van der Waals surface area contributed by atoms with Crippen LogP contribution < -0.4 is 4.74 Å². The smallest absolute Gasteiger partial charge is 0.122 e. The quantitative estimate of drug-likeness (QED) is 0.845. The number of hydrogen-bond acceptors (Lipinski definition) is 3. The predicted molar refractivity (Wildman–Crippen MR) is 68.5 cm³/mol. The molecule has 0 aliphatic carbocycles. The highest BCUT2D eigenvalue weighted by molar-refractivity contribution is 5.39. The van der Waals surface area contributed by atoms with Gasteiger partial charge in [0.25, 0.3) is 0 Å². The summed E-state index contributed by atoms with van der Waals surface area (Å²) in [6.07, 6.45) is 0.607. The normalized spacial score (nSPS) is 20.1. The number of benzene rings is 1. The van der Waals surface area contributed by atoms with Crippen molar-refractivity contribution in [2.45, 2.75) is 25.4 Å². The Labute approximate surface area is 103 Å². The number of aliphatic hydroxyl groups excluding tert-OH is 1. The molecule has 1 aliphatic rings. The summed E-state index contributed by atoms with van der Waals surface area (Å²) < 4.78 is 5.66. The Morgan fingerprint density at radius 1 is 1.47 bits per heavy atom. The van der Waals surface area contributed by atoms with Gasteiger partial charge < -0.3 is 14.7 Å². The second-order valence-corrected chi connectivity index (χ2v) is 4.95. The van der Waals surface area contributed by atoms with Crippen molar-refractivity contribution >= 4 is 0 Å². The van der Waals surface area contributed by atoms with Crippen LogP contribution in [0.1, 0.15) is 24.8 Å². The summed E-state index contributed by atoms with van der Waals surface area (Å²) in [6.45, 7) is 4.53. The number of ether oxygens (including phenoxy) is 1. The predicted octanol–water partition coefficient (Wildman–Crippen LogP) is 1.87. The molecule has 0 spiro atoms. The zero-order chi connectivity index (χ0) is 12.3. The molecule has 0 aromatic heterocycles. The van der Waals surface area contributed by atoms with Gasteiger partial charge in [-0.25, -0.2) is 0 Å². The van der Waals surface area contributed by atoms with Gasteiger partial charge in [0, 0.05) is 24.6 Å². The third-order valence-corrected chi connectivity index (χ3v) is 3.26. The van der Waals surface area contributed by atoms with Crippen LogP contribution in [0.3, 0.4) is 0 Å². The molecule has 3 heteroatoms. The second-order valence-electron chi connectivity index (χ2n) is 4.95. The van der Waals surface area contributed by atoms with Crippen LogP contribution in [0.15, 0.2) is 24.3 Å². The average Bonchev–Trinajstić information content (AvgIpc) is 2.70. The maximum Gasteiger partial charge on any atom is 0.122 e. The van der Waals surface area contributed by atoms with E-state index in [1.54, 1.807) is 0 Å². The Morgan fingerprint density at radius 2 is 2.24 bits per heavy atom. The van der Waals surface area contributed by atoms with E-state index in [-0.39, 0.29) is 6.10 Å². The number of hydrogen-bond donors (Lipinski definition) is 1. The first kappa shape index (κ1) is 12.4. The van der Waals surface area contributed by atoms with E-state index in [1.165, 1.54) is 5.56 Å². The average molecular weight is 235 g/mol. The van der Waals surface area contributed by atoms with Crippen LogP contribution >= 0.6 is 0 Å². The van der Waals surface area contributed by atoms with Crippen molar-refractivity contribution in [3.8, 4) is 5.75 Å².